The highest BCUT2D eigenvalue weighted by Gasteiger charge is 2.16. The van der Waals surface area contributed by atoms with Crippen LogP contribution in [0.3, 0.4) is 0 Å². The molecule has 0 aliphatic rings. The summed E-state index contributed by atoms with van der Waals surface area (Å²) in [5.74, 6) is 1.58. The molecule has 0 aliphatic carbocycles. The summed E-state index contributed by atoms with van der Waals surface area (Å²) in [5, 5.41) is 3.14. The van der Waals surface area contributed by atoms with Crippen LogP contribution in [0.25, 0.3) is 0 Å². The van der Waals surface area contributed by atoms with E-state index >= 15 is 0 Å². The molecular weight excluding hydrogens is 403 g/mol. The van der Waals surface area contributed by atoms with E-state index in [4.69, 9.17) is 31.5 Å². The van der Waals surface area contributed by atoms with Gasteiger partial charge in [-0.05, 0) is 42.3 Å². The van der Waals surface area contributed by atoms with E-state index in [1.807, 2.05) is 13.8 Å². The van der Waals surface area contributed by atoms with Crippen molar-refractivity contribution in [2.75, 3.05) is 32.2 Å². The van der Waals surface area contributed by atoms with Gasteiger partial charge >= 0.3 is 0 Å². The lowest BCUT2D eigenvalue weighted by Gasteiger charge is -2.15. The minimum absolute atomic E-state index is 0. The Morgan fingerprint density at radius 2 is 1.86 bits per heavy atom. The lowest BCUT2D eigenvalue weighted by molar-refractivity contribution is 0.102. The Bertz CT molecular complexity index is 768. The average Bonchev–Trinajstić information content (AvgIpc) is 2.65. The molecule has 154 valence electrons. The van der Waals surface area contributed by atoms with Crippen molar-refractivity contribution < 1.29 is 19.0 Å². The van der Waals surface area contributed by atoms with Crippen molar-refractivity contribution in [3.63, 3.8) is 0 Å². The third-order valence-corrected chi connectivity index (χ3v) is 3.83. The average molecular weight is 429 g/mol. The quantitative estimate of drug-likeness (QED) is 0.618. The van der Waals surface area contributed by atoms with Gasteiger partial charge in [-0.3, -0.25) is 4.79 Å². The molecule has 2 aromatic rings. The molecular formula is C20H26Cl2N2O4. The predicted molar refractivity (Wildman–Crippen MR) is 115 cm³/mol. The van der Waals surface area contributed by atoms with Crippen molar-refractivity contribution in [2.24, 2.45) is 11.7 Å². The molecule has 1 amide bonds. The van der Waals surface area contributed by atoms with Crippen molar-refractivity contribution in [1.29, 1.82) is 0 Å². The Morgan fingerprint density at radius 3 is 2.43 bits per heavy atom. The van der Waals surface area contributed by atoms with Crippen LogP contribution in [0.15, 0.2) is 36.4 Å². The van der Waals surface area contributed by atoms with Gasteiger partial charge in [-0.2, -0.15) is 0 Å². The molecule has 0 aromatic heterocycles. The zero-order valence-corrected chi connectivity index (χ0v) is 17.7. The van der Waals surface area contributed by atoms with Crippen molar-refractivity contribution in [2.45, 2.75) is 13.8 Å². The number of hydrogen-bond donors (Lipinski definition) is 2. The number of amides is 1. The number of nitrogens with two attached hydrogens (primary N) is 1. The van der Waals surface area contributed by atoms with Gasteiger partial charge in [0.15, 0.2) is 11.5 Å². The normalized spacial score (nSPS) is 10.2. The van der Waals surface area contributed by atoms with E-state index < -0.39 is 0 Å². The minimum Gasteiger partial charge on any atom is -0.493 e. The molecule has 2 aromatic carbocycles. The second-order valence-electron chi connectivity index (χ2n) is 6.31. The second-order valence-corrected chi connectivity index (χ2v) is 6.72. The lowest BCUT2D eigenvalue weighted by atomic mass is 10.1. The summed E-state index contributed by atoms with van der Waals surface area (Å²) in [6.07, 6.45) is 0. The molecule has 28 heavy (non-hydrogen) atoms. The largest absolute Gasteiger partial charge is 0.493 e. The molecule has 0 bridgehead atoms. The molecule has 0 saturated carbocycles. The van der Waals surface area contributed by atoms with Crippen molar-refractivity contribution >= 4 is 35.6 Å². The van der Waals surface area contributed by atoms with E-state index in [2.05, 4.69) is 5.32 Å². The highest BCUT2D eigenvalue weighted by Crippen LogP contribution is 2.37. The number of halogens is 2. The number of methoxy groups -OCH3 is 1. The van der Waals surface area contributed by atoms with Crippen LogP contribution in [-0.2, 0) is 0 Å². The second kappa shape index (κ2) is 11.6. The van der Waals surface area contributed by atoms with E-state index in [1.54, 1.807) is 36.4 Å². The maximum atomic E-state index is 12.6. The van der Waals surface area contributed by atoms with E-state index in [0.717, 1.165) is 0 Å². The Balaban J connectivity index is 0.00000392. The zero-order valence-electron chi connectivity index (χ0n) is 16.2. The van der Waals surface area contributed by atoms with Crippen LogP contribution in [0.1, 0.15) is 24.2 Å². The van der Waals surface area contributed by atoms with Gasteiger partial charge in [0.05, 0.1) is 18.7 Å². The Morgan fingerprint density at radius 1 is 1.18 bits per heavy atom. The summed E-state index contributed by atoms with van der Waals surface area (Å²) >= 11 is 6.30. The fraction of sp³-hybridized carbons (Fsp3) is 0.350. The summed E-state index contributed by atoms with van der Waals surface area (Å²) in [4.78, 5) is 12.6. The van der Waals surface area contributed by atoms with Gasteiger partial charge in [0.2, 0.25) is 0 Å². The monoisotopic (exact) mass is 428 g/mol. The first-order valence-corrected chi connectivity index (χ1v) is 9.07. The molecule has 6 nitrogen and oxygen atoms in total. The van der Waals surface area contributed by atoms with E-state index in [-0.39, 0.29) is 18.3 Å². The lowest BCUT2D eigenvalue weighted by Crippen LogP contribution is -2.13. The van der Waals surface area contributed by atoms with E-state index in [0.29, 0.717) is 59.2 Å². The van der Waals surface area contributed by atoms with Crippen LogP contribution in [-0.4, -0.2) is 32.8 Å². The first kappa shape index (κ1) is 23.9. The minimum atomic E-state index is -0.304. The number of carbonyl (C=O) groups excluding carboxylic acids is 1. The number of ether oxygens (including phenoxy) is 3. The smallest absolute Gasteiger partial charge is 0.255 e. The zero-order chi connectivity index (χ0) is 19.8. The fourth-order valence-electron chi connectivity index (χ4n) is 2.26. The third-order valence-electron chi connectivity index (χ3n) is 3.55. The molecule has 0 spiro atoms. The third kappa shape index (κ3) is 6.78. The number of hydrogen-bond acceptors (Lipinski definition) is 5. The number of nitrogens with one attached hydrogen (secondary N) is 1. The van der Waals surface area contributed by atoms with Gasteiger partial charge in [-0.1, -0.05) is 25.4 Å². The van der Waals surface area contributed by atoms with Crippen LogP contribution in [0.2, 0.25) is 5.02 Å². The highest BCUT2D eigenvalue weighted by atomic mass is 35.5. The van der Waals surface area contributed by atoms with Gasteiger partial charge < -0.3 is 25.3 Å². The highest BCUT2D eigenvalue weighted by molar-refractivity contribution is 6.32. The summed E-state index contributed by atoms with van der Waals surface area (Å²) in [7, 11) is 1.51. The van der Waals surface area contributed by atoms with Gasteiger partial charge in [0.1, 0.15) is 12.4 Å². The maximum Gasteiger partial charge on any atom is 0.255 e. The molecule has 0 atom stereocenters. The van der Waals surface area contributed by atoms with Crippen molar-refractivity contribution in [1.82, 2.24) is 0 Å². The van der Waals surface area contributed by atoms with Crippen LogP contribution < -0.4 is 25.3 Å². The molecule has 0 aliphatic heterocycles. The maximum absolute atomic E-state index is 12.6. The SMILES string of the molecule is COc1cc(C(=O)Nc2ccc(OCCN)cc2)cc(Cl)c1OCC(C)C.Cl. The van der Waals surface area contributed by atoms with E-state index in [9.17, 15) is 4.79 Å². The van der Waals surface area contributed by atoms with Gasteiger partial charge in [0.25, 0.3) is 5.91 Å². The Kier molecular flexibility index (Phi) is 9.93. The van der Waals surface area contributed by atoms with Gasteiger partial charge in [-0.15, -0.1) is 12.4 Å². The molecule has 0 radical (unpaired) electrons. The summed E-state index contributed by atoms with van der Waals surface area (Å²) in [6.45, 7) is 5.45. The number of carbonyl (C=O) groups is 1. The topological polar surface area (TPSA) is 82.8 Å². The first-order chi connectivity index (χ1) is 12.9. The van der Waals surface area contributed by atoms with E-state index in [1.165, 1.54) is 7.11 Å². The van der Waals surface area contributed by atoms with Crippen molar-refractivity contribution in [3.8, 4) is 17.2 Å². The van der Waals surface area contributed by atoms with Crippen molar-refractivity contribution in [3.05, 3.63) is 47.0 Å². The first-order valence-electron chi connectivity index (χ1n) is 8.69. The summed E-state index contributed by atoms with van der Waals surface area (Å²) in [6, 6.07) is 10.2. The number of benzene rings is 2. The van der Waals surface area contributed by atoms with Gasteiger partial charge in [0, 0.05) is 17.8 Å². The number of rotatable bonds is 9. The molecule has 8 heteroatoms. The molecule has 0 saturated heterocycles. The Labute approximate surface area is 176 Å². The van der Waals surface area contributed by atoms with Crippen LogP contribution in [0, 0.1) is 5.92 Å². The molecule has 0 heterocycles. The molecule has 0 unspecified atom stereocenters. The molecule has 3 N–H and O–H groups in total. The van der Waals surface area contributed by atoms with Crippen LogP contribution in [0.4, 0.5) is 5.69 Å². The van der Waals surface area contributed by atoms with Gasteiger partial charge in [-0.25, -0.2) is 0 Å². The van der Waals surface area contributed by atoms with Crippen LogP contribution >= 0.6 is 24.0 Å². The predicted octanol–water partition coefficient (Wildman–Crippen LogP) is 4.40. The molecule has 2 rings (SSSR count). The molecule has 0 fully saturated rings. The summed E-state index contributed by atoms with van der Waals surface area (Å²) < 4.78 is 16.5. The van der Waals surface area contributed by atoms with Crippen LogP contribution in [0.5, 0.6) is 17.2 Å². The fourth-order valence-corrected chi connectivity index (χ4v) is 2.52. The standard InChI is InChI=1S/C20H25ClN2O4.ClH/c1-13(2)12-27-19-17(21)10-14(11-18(19)25-3)20(24)23-15-4-6-16(7-5-15)26-9-8-22;/h4-7,10-11,13H,8-9,12,22H2,1-3H3,(H,23,24);1H. The number of anilines is 1. The Hall–Kier alpha value is -2.15. The summed E-state index contributed by atoms with van der Waals surface area (Å²) in [5.41, 5.74) is 6.41.